The summed E-state index contributed by atoms with van der Waals surface area (Å²) < 4.78 is 10.6. The lowest BCUT2D eigenvalue weighted by molar-refractivity contribution is -0.146. The van der Waals surface area contributed by atoms with Crippen LogP contribution in [0, 0.1) is 13.8 Å². The number of pyridine rings is 1. The summed E-state index contributed by atoms with van der Waals surface area (Å²) in [5.74, 6) is -0.946. The number of aromatic nitrogens is 1. The molecule has 0 bridgehead atoms. The molecule has 2 aromatic heterocycles. The molecule has 0 fully saturated rings. The fourth-order valence-electron chi connectivity index (χ4n) is 2.55. The molecule has 0 radical (unpaired) electrons. The zero-order chi connectivity index (χ0) is 19.6. The van der Waals surface area contributed by atoms with Crippen molar-refractivity contribution in [1.29, 1.82) is 0 Å². The molecule has 0 saturated heterocycles. The largest absolute Gasteiger partial charge is 0.464 e. The molecule has 0 aliphatic heterocycles. The number of furan rings is 1. The third-order valence-corrected chi connectivity index (χ3v) is 4.60. The standard InChI is InChI=1S/C19H16Cl2N2O4/c1-10-3-4-14-12(8-27-18(14)11(10)2)5-17(25)26-9-16(24)23-19-15(21)6-13(20)7-22-19/h3-4,6-8H,5,9H2,1-2H3,(H,22,23,24). The molecule has 6 nitrogen and oxygen atoms in total. The molecular formula is C19H16Cl2N2O4. The van der Waals surface area contributed by atoms with Gasteiger partial charge in [0.05, 0.1) is 22.7 Å². The highest BCUT2D eigenvalue weighted by atomic mass is 35.5. The summed E-state index contributed by atoms with van der Waals surface area (Å²) in [7, 11) is 0. The van der Waals surface area contributed by atoms with E-state index in [-0.39, 0.29) is 17.3 Å². The van der Waals surface area contributed by atoms with Crippen molar-refractivity contribution >= 4 is 51.9 Å². The number of fused-ring (bicyclic) bond motifs is 1. The van der Waals surface area contributed by atoms with Crippen molar-refractivity contribution in [3.05, 3.63) is 57.4 Å². The van der Waals surface area contributed by atoms with Crippen LogP contribution in [0.3, 0.4) is 0 Å². The van der Waals surface area contributed by atoms with E-state index in [4.69, 9.17) is 32.4 Å². The second-order valence-corrected chi connectivity index (χ2v) is 6.86. The minimum absolute atomic E-state index is 0.00271. The fourth-order valence-corrected chi connectivity index (χ4v) is 2.98. The van der Waals surface area contributed by atoms with Crippen LogP contribution in [0.1, 0.15) is 16.7 Å². The molecule has 1 N–H and O–H groups in total. The van der Waals surface area contributed by atoms with Gasteiger partial charge in [0.2, 0.25) is 0 Å². The molecule has 8 heteroatoms. The third kappa shape index (κ3) is 4.40. The maximum atomic E-state index is 12.1. The Morgan fingerprint density at radius 1 is 1.26 bits per heavy atom. The molecule has 1 amide bonds. The topological polar surface area (TPSA) is 81.4 Å². The lowest BCUT2D eigenvalue weighted by Gasteiger charge is -2.07. The van der Waals surface area contributed by atoms with E-state index < -0.39 is 18.5 Å². The summed E-state index contributed by atoms with van der Waals surface area (Å²) in [6.45, 7) is 3.50. The number of esters is 1. The zero-order valence-corrected chi connectivity index (χ0v) is 16.1. The van der Waals surface area contributed by atoms with Crippen molar-refractivity contribution in [3.8, 4) is 0 Å². The van der Waals surface area contributed by atoms with Gasteiger partial charge in [-0.2, -0.15) is 0 Å². The highest BCUT2D eigenvalue weighted by Gasteiger charge is 2.15. The van der Waals surface area contributed by atoms with Gasteiger partial charge in [-0.05, 0) is 31.0 Å². The molecule has 3 rings (SSSR count). The molecule has 0 aliphatic rings. The Morgan fingerprint density at radius 2 is 2.04 bits per heavy atom. The molecule has 0 atom stereocenters. The first-order valence-electron chi connectivity index (χ1n) is 8.08. The van der Waals surface area contributed by atoms with Crippen LogP contribution >= 0.6 is 23.2 Å². The van der Waals surface area contributed by atoms with Gasteiger partial charge in [0.25, 0.3) is 5.91 Å². The Bertz CT molecular complexity index is 1030. The number of ether oxygens (including phenoxy) is 1. The second-order valence-electron chi connectivity index (χ2n) is 6.01. The van der Waals surface area contributed by atoms with Crippen LogP contribution < -0.4 is 5.32 Å². The van der Waals surface area contributed by atoms with Crippen LogP contribution in [0.4, 0.5) is 5.82 Å². The molecular weight excluding hydrogens is 391 g/mol. The number of carbonyl (C=O) groups excluding carboxylic acids is 2. The zero-order valence-electron chi connectivity index (χ0n) is 14.6. The summed E-state index contributed by atoms with van der Waals surface area (Å²) in [6, 6.07) is 5.33. The van der Waals surface area contributed by atoms with E-state index in [1.165, 1.54) is 18.5 Å². The van der Waals surface area contributed by atoms with Crippen LogP contribution in [0.25, 0.3) is 11.0 Å². The van der Waals surface area contributed by atoms with Crippen LogP contribution in [0.2, 0.25) is 10.0 Å². The van der Waals surface area contributed by atoms with Gasteiger partial charge in [0.15, 0.2) is 12.4 Å². The van der Waals surface area contributed by atoms with Crippen molar-refractivity contribution in [2.45, 2.75) is 20.3 Å². The summed E-state index contributed by atoms with van der Waals surface area (Å²) in [4.78, 5) is 27.9. The van der Waals surface area contributed by atoms with Gasteiger partial charge in [0.1, 0.15) is 5.58 Å². The summed E-state index contributed by atoms with van der Waals surface area (Å²) in [5.41, 5.74) is 3.59. The van der Waals surface area contributed by atoms with Crippen molar-refractivity contribution in [2.75, 3.05) is 11.9 Å². The van der Waals surface area contributed by atoms with Crippen molar-refractivity contribution in [2.24, 2.45) is 0 Å². The summed E-state index contributed by atoms with van der Waals surface area (Å²) in [6.07, 6.45) is 2.89. The number of carbonyl (C=O) groups is 2. The predicted octanol–water partition coefficient (Wildman–Crippen LogP) is 4.48. The molecule has 0 aliphatic carbocycles. The van der Waals surface area contributed by atoms with Gasteiger partial charge in [-0.1, -0.05) is 35.3 Å². The van der Waals surface area contributed by atoms with Crippen LogP contribution in [-0.4, -0.2) is 23.5 Å². The number of aryl methyl sites for hydroxylation is 2. The first kappa shape index (κ1) is 19.2. The van der Waals surface area contributed by atoms with E-state index in [9.17, 15) is 9.59 Å². The molecule has 1 aromatic carbocycles. The number of nitrogens with zero attached hydrogens (tertiary/aromatic N) is 1. The number of rotatable bonds is 5. The third-order valence-electron chi connectivity index (χ3n) is 4.11. The lowest BCUT2D eigenvalue weighted by atomic mass is 10.0. The van der Waals surface area contributed by atoms with Crippen molar-refractivity contribution in [3.63, 3.8) is 0 Å². The van der Waals surface area contributed by atoms with E-state index in [2.05, 4.69) is 10.3 Å². The fraction of sp³-hybridized carbons (Fsp3) is 0.211. The van der Waals surface area contributed by atoms with Crippen LogP contribution in [-0.2, 0) is 20.7 Å². The minimum Gasteiger partial charge on any atom is -0.464 e. The van der Waals surface area contributed by atoms with Gasteiger partial charge in [-0.15, -0.1) is 0 Å². The van der Waals surface area contributed by atoms with Crippen molar-refractivity contribution in [1.82, 2.24) is 4.98 Å². The number of amides is 1. The second kappa shape index (κ2) is 7.98. The summed E-state index contributed by atoms with van der Waals surface area (Å²) in [5, 5.41) is 3.86. The number of hydrogen-bond acceptors (Lipinski definition) is 5. The molecule has 0 unspecified atom stereocenters. The van der Waals surface area contributed by atoms with Crippen molar-refractivity contribution < 1.29 is 18.7 Å². The highest BCUT2D eigenvalue weighted by molar-refractivity contribution is 6.36. The van der Waals surface area contributed by atoms with E-state index in [1.54, 1.807) is 0 Å². The Labute approximate surface area is 165 Å². The maximum absolute atomic E-state index is 12.1. The van der Waals surface area contributed by atoms with Gasteiger partial charge < -0.3 is 14.5 Å². The van der Waals surface area contributed by atoms with E-state index in [0.717, 1.165) is 22.1 Å². The quantitative estimate of drug-likeness (QED) is 0.631. The Kier molecular flexibility index (Phi) is 5.68. The average molecular weight is 407 g/mol. The van der Waals surface area contributed by atoms with E-state index in [0.29, 0.717) is 10.6 Å². The minimum atomic E-state index is -0.552. The number of anilines is 1. The van der Waals surface area contributed by atoms with Gasteiger partial charge in [-0.25, -0.2) is 4.98 Å². The molecule has 2 heterocycles. The van der Waals surface area contributed by atoms with Gasteiger partial charge in [0, 0.05) is 17.1 Å². The van der Waals surface area contributed by atoms with E-state index in [1.807, 2.05) is 26.0 Å². The van der Waals surface area contributed by atoms with E-state index >= 15 is 0 Å². The average Bonchev–Trinajstić information content (AvgIpc) is 3.02. The number of hydrogen-bond donors (Lipinski definition) is 1. The normalized spacial score (nSPS) is 10.8. The SMILES string of the molecule is Cc1ccc2c(CC(=O)OCC(=O)Nc3ncc(Cl)cc3Cl)coc2c1C. The molecule has 140 valence electrons. The molecule has 0 spiro atoms. The summed E-state index contributed by atoms with van der Waals surface area (Å²) >= 11 is 11.7. The number of nitrogens with one attached hydrogen (secondary N) is 1. The Hall–Kier alpha value is -2.57. The van der Waals surface area contributed by atoms with Gasteiger partial charge in [-0.3, -0.25) is 9.59 Å². The Balaban J connectivity index is 1.58. The maximum Gasteiger partial charge on any atom is 0.310 e. The number of halogens is 2. The van der Waals surface area contributed by atoms with Crippen LogP contribution in [0.5, 0.6) is 0 Å². The molecule has 27 heavy (non-hydrogen) atoms. The Morgan fingerprint density at radius 3 is 2.78 bits per heavy atom. The molecule has 0 saturated carbocycles. The number of benzene rings is 1. The highest BCUT2D eigenvalue weighted by Crippen LogP contribution is 2.27. The smallest absolute Gasteiger partial charge is 0.310 e. The lowest BCUT2D eigenvalue weighted by Crippen LogP contribution is -2.22. The molecule has 3 aromatic rings. The van der Waals surface area contributed by atoms with Crippen LogP contribution in [0.15, 0.2) is 35.1 Å². The van der Waals surface area contributed by atoms with Gasteiger partial charge >= 0.3 is 5.97 Å². The monoisotopic (exact) mass is 406 g/mol. The predicted molar refractivity (Wildman–Crippen MR) is 103 cm³/mol. The first-order chi connectivity index (χ1) is 12.8. The first-order valence-corrected chi connectivity index (χ1v) is 8.83.